The van der Waals surface area contributed by atoms with Crippen molar-refractivity contribution in [3.63, 3.8) is 0 Å². The second-order valence-electron chi connectivity index (χ2n) is 4.69. The fourth-order valence-corrected chi connectivity index (χ4v) is 2.64. The fraction of sp³-hybridized carbons (Fsp3) is 0.357. The highest BCUT2D eigenvalue weighted by molar-refractivity contribution is 9.10. The molecule has 0 aliphatic heterocycles. The third-order valence-corrected chi connectivity index (χ3v) is 3.86. The van der Waals surface area contributed by atoms with Crippen molar-refractivity contribution in [1.29, 1.82) is 0 Å². The summed E-state index contributed by atoms with van der Waals surface area (Å²) in [5, 5.41) is 9.62. The van der Waals surface area contributed by atoms with Gasteiger partial charge in [0, 0.05) is 36.6 Å². The largest absolute Gasteiger partial charge is 0.389 e. The normalized spacial score (nSPS) is 12.5. The van der Waals surface area contributed by atoms with E-state index in [9.17, 15) is 5.11 Å². The SMILES string of the molecule is C[C@H](O)c1ccc(N(C)Cc2nccn2C)cc1Br. The standard InChI is InChI=1S/C14H18BrN3O/c1-10(19)12-5-4-11(8-13(12)15)18(3)9-14-16-6-7-17(14)2/h4-8,10,19H,9H2,1-3H3/t10-/m0/s1. The van der Waals surface area contributed by atoms with E-state index in [2.05, 4.69) is 25.8 Å². The fourth-order valence-electron chi connectivity index (χ4n) is 1.94. The Balaban J connectivity index is 2.18. The monoisotopic (exact) mass is 323 g/mol. The van der Waals surface area contributed by atoms with Gasteiger partial charge in [-0.25, -0.2) is 4.98 Å². The number of aromatic nitrogens is 2. The highest BCUT2D eigenvalue weighted by Crippen LogP contribution is 2.28. The van der Waals surface area contributed by atoms with Crippen molar-refractivity contribution in [3.05, 3.63) is 46.5 Å². The van der Waals surface area contributed by atoms with Crippen LogP contribution < -0.4 is 4.90 Å². The molecule has 0 aliphatic carbocycles. The molecule has 2 rings (SSSR count). The molecule has 0 unspecified atom stereocenters. The first-order valence-electron chi connectivity index (χ1n) is 6.14. The number of hydrogen-bond donors (Lipinski definition) is 1. The lowest BCUT2D eigenvalue weighted by Gasteiger charge is -2.20. The molecule has 0 saturated carbocycles. The van der Waals surface area contributed by atoms with Crippen molar-refractivity contribution in [2.45, 2.75) is 19.6 Å². The van der Waals surface area contributed by atoms with E-state index in [1.807, 2.05) is 43.1 Å². The van der Waals surface area contributed by atoms with Crippen molar-refractivity contribution >= 4 is 21.6 Å². The highest BCUT2D eigenvalue weighted by Gasteiger charge is 2.10. The molecule has 1 atom stereocenters. The number of nitrogens with zero attached hydrogens (tertiary/aromatic N) is 3. The van der Waals surface area contributed by atoms with Crippen LogP contribution in [0.1, 0.15) is 24.4 Å². The molecule has 2 aromatic rings. The molecule has 1 N–H and O–H groups in total. The summed E-state index contributed by atoms with van der Waals surface area (Å²) in [5.74, 6) is 1.01. The van der Waals surface area contributed by atoms with E-state index in [0.717, 1.165) is 28.1 Å². The Morgan fingerprint density at radius 2 is 2.21 bits per heavy atom. The van der Waals surface area contributed by atoms with Crippen molar-refractivity contribution < 1.29 is 5.11 Å². The maximum atomic E-state index is 9.62. The van der Waals surface area contributed by atoms with E-state index in [-0.39, 0.29) is 0 Å². The molecule has 0 amide bonds. The first kappa shape index (κ1) is 14.1. The lowest BCUT2D eigenvalue weighted by Crippen LogP contribution is -2.19. The summed E-state index contributed by atoms with van der Waals surface area (Å²) in [6.45, 7) is 2.50. The zero-order valence-electron chi connectivity index (χ0n) is 11.3. The molecule has 4 nitrogen and oxygen atoms in total. The zero-order chi connectivity index (χ0) is 14.0. The Kier molecular flexibility index (Phi) is 4.27. The van der Waals surface area contributed by atoms with Crippen LogP contribution in [0.5, 0.6) is 0 Å². The summed E-state index contributed by atoms with van der Waals surface area (Å²) in [6, 6.07) is 5.97. The first-order valence-corrected chi connectivity index (χ1v) is 6.93. The Morgan fingerprint density at radius 1 is 1.47 bits per heavy atom. The average Bonchev–Trinajstić information content (AvgIpc) is 2.74. The molecular weight excluding hydrogens is 306 g/mol. The van der Waals surface area contributed by atoms with E-state index < -0.39 is 6.10 Å². The molecule has 1 aromatic heterocycles. The number of aliphatic hydroxyl groups is 1. The lowest BCUT2D eigenvalue weighted by molar-refractivity contribution is 0.198. The van der Waals surface area contributed by atoms with Gasteiger partial charge in [0.1, 0.15) is 5.82 Å². The third kappa shape index (κ3) is 3.16. The van der Waals surface area contributed by atoms with Crippen LogP contribution >= 0.6 is 15.9 Å². The maximum absolute atomic E-state index is 9.62. The molecule has 5 heteroatoms. The van der Waals surface area contributed by atoms with E-state index in [1.54, 1.807) is 13.1 Å². The van der Waals surface area contributed by atoms with Gasteiger partial charge in [-0.3, -0.25) is 0 Å². The second kappa shape index (κ2) is 5.75. The van der Waals surface area contributed by atoms with Crippen LogP contribution in [-0.2, 0) is 13.6 Å². The highest BCUT2D eigenvalue weighted by atomic mass is 79.9. The molecule has 0 fully saturated rings. The Labute approximate surface area is 121 Å². The van der Waals surface area contributed by atoms with Gasteiger partial charge in [-0.1, -0.05) is 22.0 Å². The number of aliphatic hydroxyl groups excluding tert-OH is 1. The molecule has 0 spiro atoms. The number of rotatable bonds is 4. The van der Waals surface area contributed by atoms with Gasteiger partial charge in [-0.05, 0) is 24.6 Å². The van der Waals surface area contributed by atoms with Gasteiger partial charge >= 0.3 is 0 Å². The summed E-state index contributed by atoms with van der Waals surface area (Å²) in [5.41, 5.74) is 1.98. The summed E-state index contributed by atoms with van der Waals surface area (Å²) in [6.07, 6.45) is 3.27. The van der Waals surface area contributed by atoms with E-state index in [4.69, 9.17) is 0 Å². The first-order chi connectivity index (χ1) is 8.99. The molecule has 0 saturated heterocycles. The Hall–Kier alpha value is -1.33. The summed E-state index contributed by atoms with van der Waals surface area (Å²) in [4.78, 5) is 6.44. The minimum Gasteiger partial charge on any atom is -0.389 e. The molecular formula is C14H18BrN3O. The Morgan fingerprint density at radius 3 is 2.74 bits per heavy atom. The van der Waals surface area contributed by atoms with Crippen LogP contribution in [0, 0.1) is 0 Å². The molecule has 1 aromatic carbocycles. The number of halogens is 1. The second-order valence-corrected chi connectivity index (χ2v) is 5.55. The smallest absolute Gasteiger partial charge is 0.127 e. The van der Waals surface area contributed by atoms with Crippen LogP contribution in [-0.4, -0.2) is 21.7 Å². The van der Waals surface area contributed by atoms with Gasteiger partial charge in [-0.2, -0.15) is 0 Å². The molecule has 0 radical (unpaired) electrons. The topological polar surface area (TPSA) is 41.3 Å². The molecule has 0 aliphatic rings. The summed E-state index contributed by atoms with van der Waals surface area (Å²) < 4.78 is 2.93. The quantitative estimate of drug-likeness (QED) is 0.940. The Bertz CT molecular complexity index is 566. The van der Waals surface area contributed by atoms with Gasteiger partial charge in [0.25, 0.3) is 0 Å². The zero-order valence-corrected chi connectivity index (χ0v) is 12.9. The molecule has 1 heterocycles. The number of imidazole rings is 1. The van der Waals surface area contributed by atoms with Gasteiger partial charge in [-0.15, -0.1) is 0 Å². The van der Waals surface area contributed by atoms with E-state index in [0.29, 0.717) is 0 Å². The van der Waals surface area contributed by atoms with Crippen molar-refractivity contribution in [2.75, 3.05) is 11.9 Å². The summed E-state index contributed by atoms with van der Waals surface area (Å²) in [7, 11) is 4.02. The van der Waals surface area contributed by atoms with Crippen molar-refractivity contribution in [1.82, 2.24) is 9.55 Å². The van der Waals surface area contributed by atoms with Gasteiger partial charge in [0.2, 0.25) is 0 Å². The average molecular weight is 324 g/mol. The lowest BCUT2D eigenvalue weighted by atomic mass is 10.1. The van der Waals surface area contributed by atoms with E-state index in [1.165, 1.54) is 0 Å². The number of benzene rings is 1. The summed E-state index contributed by atoms with van der Waals surface area (Å²) >= 11 is 3.50. The van der Waals surface area contributed by atoms with Gasteiger partial charge in [0.05, 0.1) is 12.6 Å². The predicted octanol–water partition coefficient (Wildman–Crippen LogP) is 2.87. The minimum atomic E-state index is -0.469. The minimum absolute atomic E-state index is 0.469. The van der Waals surface area contributed by atoms with E-state index >= 15 is 0 Å². The number of aryl methyl sites for hydroxylation is 1. The van der Waals surface area contributed by atoms with Crippen LogP contribution in [0.4, 0.5) is 5.69 Å². The molecule has 19 heavy (non-hydrogen) atoms. The van der Waals surface area contributed by atoms with Crippen molar-refractivity contribution in [2.24, 2.45) is 7.05 Å². The van der Waals surface area contributed by atoms with Crippen LogP contribution in [0.15, 0.2) is 35.1 Å². The predicted molar refractivity (Wildman–Crippen MR) is 80.1 cm³/mol. The number of hydrogen-bond acceptors (Lipinski definition) is 3. The van der Waals surface area contributed by atoms with Crippen LogP contribution in [0.2, 0.25) is 0 Å². The van der Waals surface area contributed by atoms with Gasteiger partial charge < -0.3 is 14.6 Å². The van der Waals surface area contributed by atoms with Crippen LogP contribution in [0.3, 0.4) is 0 Å². The van der Waals surface area contributed by atoms with Crippen molar-refractivity contribution in [3.8, 4) is 0 Å². The third-order valence-electron chi connectivity index (χ3n) is 3.17. The molecule has 0 bridgehead atoms. The molecule has 102 valence electrons. The maximum Gasteiger partial charge on any atom is 0.127 e. The number of anilines is 1. The van der Waals surface area contributed by atoms with Gasteiger partial charge in [0.15, 0.2) is 0 Å². The van der Waals surface area contributed by atoms with Crippen LogP contribution in [0.25, 0.3) is 0 Å².